The molecule has 0 radical (unpaired) electrons. The number of carbonyl (C=O) groups is 1. The average molecular weight is 317 g/mol. The number of amides is 1. The van der Waals surface area contributed by atoms with E-state index < -0.39 is 0 Å². The lowest BCUT2D eigenvalue weighted by atomic mass is 9.67. The van der Waals surface area contributed by atoms with E-state index >= 15 is 0 Å². The normalized spacial score (nSPS) is 35.1. The minimum absolute atomic E-state index is 0. The predicted molar refractivity (Wildman–Crippen MR) is 85.7 cm³/mol. The molecule has 0 bridgehead atoms. The average Bonchev–Trinajstić information content (AvgIpc) is 3.13. The maximum atomic E-state index is 13.2. The Morgan fingerprint density at radius 3 is 2.90 bits per heavy atom. The number of rotatable bonds is 4. The minimum Gasteiger partial charge on any atom is -0.376 e. The van der Waals surface area contributed by atoms with Gasteiger partial charge in [0.2, 0.25) is 5.91 Å². The number of carbonyl (C=O) groups excluding carboxylic acids is 1. The number of fused-ring (bicyclic) bond motifs is 1. The lowest BCUT2D eigenvalue weighted by Crippen LogP contribution is -2.51. The summed E-state index contributed by atoms with van der Waals surface area (Å²) in [4.78, 5) is 15.2. The first kappa shape index (κ1) is 17.0. The van der Waals surface area contributed by atoms with Crippen LogP contribution in [0.4, 0.5) is 0 Å². The molecule has 122 valence electrons. The van der Waals surface area contributed by atoms with Crippen LogP contribution in [0.2, 0.25) is 0 Å². The third kappa shape index (κ3) is 3.22. The first-order valence-electron chi connectivity index (χ1n) is 8.38. The number of nitrogens with one attached hydrogen (secondary N) is 1. The molecule has 3 aliphatic rings. The van der Waals surface area contributed by atoms with Crippen LogP contribution in [0.3, 0.4) is 0 Å². The van der Waals surface area contributed by atoms with Gasteiger partial charge >= 0.3 is 0 Å². The fourth-order valence-electron chi connectivity index (χ4n) is 4.37. The van der Waals surface area contributed by atoms with Crippen molar-refractivity contribution in [2.45, 2.75) is 51.6 Å². The van der Waals surface area contributed by atoms with E-state index in [-0.39, 0.29) is 23.9 Å². The molecule has 0 aromatic rings. The summed E-state index contributed by atoms with van der Waals surface area (Å²) >= 11 is 0. The first-order valence-corrected chi connectivity index (χ1v) is 8.38. The Kier molecular flexibility index (Phi) is 5.92. The van der Waals surface area contributed by atoms with Gasteiger partial charge in [0.15, 0.2) is 0 Å². The molecular formula is C16H29ClN2O2. The monoisotopic (exact) mass is 316 g/mol. The molecular weight excluding hydrogens is 288 g/mol. The van der Waals surface area contributed by atoms with Gasteiger partial charge in [-0.3, -0.25) is 4.79 Å². The van der Waals surface area contributed by atoms with Crippen molar-refractivity contribution in [2.24, 2.45) is 11.3 Å². The Labute approximate surface area is 134 Å². The Balaban J connectivity index is 0.00000161. The highest BCUT2D eigenvalue weighted by Gasteiger charge is 2.51. The van der Waals surface area contributed by atoms with Crippen LogP contribution in [-0.4, -0.2) is 49.7 Å². The Hall–Kier alpha value is -0.320. The molecule has 1 aliphatic carbocycles. The highest BCUT2D eigenvalue weighted by Crippen LogP contribution is 2.45. The van der Waals surface area contributed by atoms with Gasteiger partial charge < -0.3 is 15.0 Å². The molecule has 5 heteroatoms. The molecule has 3 atom stereocenters. The number of halogens is 1. The zero-order valence-electron chi connectivity index (χ0n) is 13.1. The predicted octanol–water partition coefficient (Wildman–Crippen LogP) is 2.22. The molecule has 1 amide bonds. The van der Waals surface area contributed by atoms with Crippen molar-refractivity contribution in [1.82, 2.24) is 10.2 Å². The van der Waals surface area contributed by atoms with Crippen molar-refractivity contribution < 1.29 is 9.53 Å². The number of nitrogens with zero attached hydrogens (tertiary/aromatic N) is 1. The van der Waals surface area contributed by atoms with E-state index in [4.69, 9.17) is 4.74 Å². The van der Waals surface area contributed by atoms with E-state index in [1.54, 1.807) is 0 Å². The Morgan fingerprint density at radius 2 is 2.19 bits per heavy atom. The lowest BCUT2D eigenvalue weighted by molar-refractivity contribution is -0.146. The highest BCUT2D eigenvalue weighted by molar-refractivity contribution is 5.85. The molecule has 2 aliphatic heterocycles. The molecule has 1 N–H and O–H groups in total. The molecule has 3 fully saturated rings. The third-order valence-electron chi connectivity index (χ3n) is 5.58. The van der Waals surface area contributed by atoms with Gasteiger partial charge in [-0.05, 0) is 45.1 Å². The number of likely N-dealkylation sites (N-methyl/N-ethyl adjacent to an activating group) is 1. The van der Waals surface area contributed by atoms with Crippen molar-refractivity contribution in [1.29, 1.82) is 0 Å². The van der Waals surface area contributed by atoms with Gasteiger partial charge in [-0.2, -0.15) is 0 Å². The van der Waals surface area contributed by atoms with E-state index in [1.165, 1.54) is 19.3 Å². The van der Waals surface area contributed by atoms with Crippen LogP contribution >= 0.6 is 12.4 Å². The summed E-state index contributed by atoms with van der Waals surface area (Å²) < 4.78 is 5.72. The van der Waals surface area contributed by atoms with E-state index in [9.17, 15) is 4.79 Å². The summed E-state index contributed by atoms with van der Waals surface area (Å²) in [5.41, 5.74) is -0.104. The summed E-state index contributed by atoms with van der Waals surface area (Å²) in [5, 5.41) is 3.48. The van der Waals surface area contributed by atoms with Gasteiger partial charge in [-0.1, -0.05) is 12.8 Å². The zero-order chi connectivity index (χ0) is 14.0. The standard InChI is InChI=1S/C16H28N2O2.ClH/c1-2-18(11-14-7-5-9-20-14)15(19)16-8-4-3-6-13(16)10-17-12-16;/h13-14,17H,2-12H2,1H3;1H/t13-,14?,16+;/m0./s1. The molecule has 4 nitrogen and oxygen atoms in total. The highest BCUT2D eigenvalue weighted by atomic mass is 35.5. The van der Waals surface area contributed by atoms with Gasteiger partial charge in [-0.25, -0.2) is 0 Å². The molecule has 1 saturated carbocycles. The second-order valence-corrected chi connectivity index (χ2v) is 6.71. The summed E-state index contributed by atoms with van der Waals surface area (Å²) in [7, 11) is 0. The lowest BCUT2D eigenvalue weighted by Gasteiger charge is -2.41. The summed E-state index contributed by atoms with van der Waals surface area (Å²) in [5.74, 6) is 0.951. The van der Waals surface area contributed by atoms with E-state index in [0.29, 0.717) is 11.8 Å². The molecule has 0 aromatic carbocycles. The largest absolute Gasteiger partial charge is 0.376 e. The van der Waals surface area contributed by atoms with Crippen molar-refractivity contribution in [3.05, 3.63) is 0 Å². The van der Waals surface area contributed by atoms with E-state index in [0.717, 1.165) is 52.0 Å². The molecule has 3 rings (SSSR count). The molecule has 2 saturated heterocycles. The van der Waals surface area contributed by atoms with Gasteiger partial charge in [-0.15, -0.1) is 12.4 Å². The van der Waals surface area contributed by atoms with Gasteiger partial charge in [0.05, 0.1) is 11.5 Å². The van der Waals surface area contributed by atoms with E-state index in [1.807, 2.05) is 0 Å². The second-order valence-electron chi connectivity index (χ2n) is 6.71. The SMILES string of the molecule is CCN(CC1CCCO1)C(=O)[C@@]12CCCC[C@H]1CNC2.Cl. The van der Waals surface area contributed by atoms with Crippen LogP contribution in [-0.2, 0) is 9.53 Å². The van der Waals surface area contributed by atoms with E-state index in [2.05, 4.69) is 17.1 Å². The molecule has 21 heavy (non-hydrogen) atoms. The zero-order valence-corrected chi connectivity index (χ0v) is 13.9. The van der Waals surface area contributed by atoms with Crippen LogP contribution in [0.25, 0.3) is 0 Å². The van der Waals surface area contributed by atoms with Crippen molar-refractivity contribution >= 4 is 18.3 Å². The molecule has 0 spiro atoms. The fraction of sp³-hybridized carbons (Fsp3) is 0.938. The van der Waals surface area contributed by atoms with Gasteiger partial charge in [0.25, 0.3) is 0 Å². The Bertz CT molecular complexity index is 360. The smallest absolute Gasteiger partial charge is 0.230 e. The number of hydrogen-bond donors (Lipinski definition) is 1. The van der Waals surface area contributed by atoms with Gasteiger partial charge in [0, 0.05) is 26.2 Å². The number of ether oxygens (including phenoxy) is 1. The van der Waals surface area contributed by atoms with Crippen LogP contribution in [0.15, 0.2) is 0 Å². The van der Waals surface area contributed by atoms with Crippen LogP contribution in [0.5, 0.6) is 0 Å². The third-order valence-corrected chi connectivity index (χ3v) is 5.58. The molecule has 2 heterocycles. The van der Waals surface area contributed by atoms with Crippen LogP contribution in [0, 0.1) is 11.3 Å². The second kappa shape index (κ2) is 7.30. The maximum Gasteiger partial charge on any atom is 0.230 e. The van der Waals surface area contributed by atoms with Crippen molar-refractivity contribution in [2.75, 3.05) is 32.8 Å². The molecule has 1 unspecified atom stereocenters. The van der Waals surface area contributed by atoms with Crippen LogP contribution < -0.4 is 5.32 Å². The van der Waals surface area contributed by atoms with Crippen LogP contribution in [0.1, 0.15) is 45.4 Å². The van der Waals surface area contributed by atoms with Crippen molar-refractivity contribution in [3.8, 4) is 0 Å². The minimum atomic E-state index is -0.104. The summed E-state index contributed by atoms with van der Waals surface area (Å²) in [6.45, 7) is 6.49. The quantitative estimate of drug-likeness (QED) is 0.864. The Morgan fingerprint density at radius 1 is 1.33 bits per heavy atom. The first-order chi connectivity index (χ1) is 9.76. The summed E-state index contributed by atoms with van der Waals surface area (Å²) in [6, 6.07) is 0. The van der Waals surface area contributed by atoms with Crippen molar-refractivity contribution in [3.63, 3.8) is 0 Å². The number of hydrogen-bond acceptors (Lipinski definition) is 3. The summed E-state index contributed by atoms with van der Waals surface area (Å²) in [6.07, 6.45) is 7.32. The fourth-order valence-corrected chi connectivity index (χ4v) is 4.37. The van der Waals surface area contributed by atoms with Gasteiger partial charge in [0.1, 0.15) is 0 Å². The maximum absolute atomic E-state index is 13.2. The topological polar surface area (TPSA) is 41.6 Å². The molecule has 0 aromatic heterocycles.